The number of hydrogen-bond acceptors (Lipinski definition) is 2. The van der Waals surface area contributed by atoms with Crippen molar-refractivity contribution in [1.82, 2.24) is 0 Å². The SMILES string of the molecule is C=C(C)C(=O)Oc1ccc(-c2ccc(-c3ccccc3)c(F)c2)cc1. The van der Waals surface area contributed by atoms with Gasteiger partial charge in [0, 0.05) is 11.1 Å². The Bertz CT molecular complexity index is 913. The van der Waals surface area contributed by atoms with Gasteiger partial charge >= 0.3 is 5.97 Å². The molecule has 3 aromatic carbocycles. The standard InChI is InChI=1S/C22H17FO2/c1-15(2)22(24)25-19-11-8-16(9-12-19)18-10-13-20(21(23)14-18)17-6-4-3-5-7-17/h3-14H,1H2,2H3. The van der Waals surface area contributed by atoms with E-state index in [-0.39, 0.29) is 5.82 Å². The van der Waals surface area contributed by atoms with Crippen LogP contribution in [0.25, 0.3) is 22.3 Å². The predicted octanol–water partition coefficient (Wildman–Crippen LogP) is 5.64. The first-order chi connectivity index (χ1) is 12.0. The Morgan fingerprint density at radius 3 is 2.12 bits per heavy atom. The van der Waals surface area contributed by atoms with Crippen LogP contribution in [-0.4, -0.2) is 5.97 Å². The van der Waals surface area contributed by atoms with Crippen LogP contribution in [0.4, 0.5) is 4.39 Å². The smallest absolute Gasteiger partial charge is 0.338 e. The van der Waals surface area contributed by atoms with Crippen molar-refractivity contribution in [3.8, 4) is 28.0 Å². The lowest BCUT2D eigenvalue weighted by Crippen LogP contribution is -2.07. The van der Waals surface area contributed by atoms with Crippen LogP contribution in [0.5, 0.6) is 5.75 Å². The Morgan fingerprint density at radius 1 is 0.880 bits per heavy atom. The highest BCUT2D eigenvalue weighted by molar-refractivity contribution is 5.88. The first-order valence-corrected chi connectivity index (χ1v) is 7.87. The van der Waals surface area contributed by atoms with Crippen molar-refractivity contribution < 1.29 is 13.9 Å². The fourth-order valence-corrected chi connectivity index (χ4v) is 2.46. The third-order valence-electron chi connectivity index (χ3n) is 3.80. The van der Waals surface area contributed by atoms with Gasteiger partial charge in [-0.05, 0) is 41.8 Å². The maximum Gasteiger partial charge on any atom is 0.338 e. The second kappa shape index (κ2) is 7.14. The molecule has 0 fully saturated rings. The molecule has 0 radical (unpaired) electrons. The van der Waals surface area contributed by atoms with E-state index in [1.54, 1.807) is 37.3 Å². The number of esters is 1. The van der Waals surface area contributed by atoms with E-state index in [1.807, 2.05) is 36.4 Å². The zero-order valence-corrected chi connectivity index (χ0v) is 13.8. The Hall–Kier alpha value is -3.20. The third-order valence-corrected chi connectivity index (χ3v) is 3.80. The molecular weight excluding hydrogens is 315 g/mol. The average Bonchev–Trinajstić information content (AvgIpc) is 2.63. The molecule has 0 atom stereocenters. The maximum absolute atomic E-state index is 14.5. The lowest BCUT2D eigenvalue weighted by molar-refractivity contribution is -0.130. The number of hydrogen-bond donors (Lipinski definition) is 0. The maximum atomic E-state index is 14.5. The summed E-state index contributed by atoms with van der Waals surface area (Å²) in [6.07, 6.45) is 0. The summed E-state index contributed by atoms with van der Waals surface area (Å²) < 4.78 is 19.6. The molecule has 0 N–H and O–H groups in total. The number of rotatable bonds is 4. The van der Waals surface area contributed by atoms with Gasteiger partial charge in [0.15, 0.2) is 0 Å². The molecule has 3 heteroatoms. The normalized spacial score (nSPS) is 10.3. The molecule has 0 saturated heterocycles. The van der Waals surface area contributed by atoms with Crippen LogP contribution < -0.4 is 4.74 Å². The van der Waals surface area contributed by atoms with Gasteiger partial charge in [0.25, 0.3) is 0 Å². The Labute approximate surface area is 146 Å². The van der Waals surface area contributed by atoms with Crippen molar-refractivity contribution in [2.45, 2.75) is 6.92 Å². The minimum atomic E-state index is -0.467. The molecule has 3 rings (SSSR count). The van der Waals surface area contributed by atoms with Crippen LogP contribution in [0.15, 0.2) is 84.9 Å². The molecule has 0 unspecified atom stereocenters. The molecule has 25 heavy (non-hydrogen) atoms. The Kier molecular flexibility index (Phi) is 4.75. The fourth-order valence-electron chi connectivity index (χ4n) is 2.46. The second-order valence-corrected chi connectivity index (χ2v) is 5.75. The minimum Gasteiger partial charge on any atom is -0.423 e. The molecule has 0 heterocycles. The van der Waals surface area contributed by atoms with Crippen LogP contribution >= 0.6 is 0 Å². The van der Waals surface area contributed by atoms with E-state index in [9.17, 15) is 9.18 Å². The van der Waals surface area contributed by atoms with E-state index in [0.29, 0.717) is 16.9 Å². The van der Waals surface area contributed by atoms with E-state index in [4.69, 9.17) is 4.74 Å². The molecular formula is C22H17FO2. The van der Waals surface area contributed by atoms with Crippen LogP contribution in [0.3, 0.4) is 0 Å². The minimum absolute atomic E-state index is 0.276. The number of carbonyl (C=O) groups excluding carboxylic acids is 1. The van der Waals surface area contributed by atoms with E-state index in [0.717, 1.165) is 16.7 Å². The average molecular weight is 332 g/mol. The highest BCUT2D eigenvalue weighted by Crippen LogP contribution is 2.29. The highest BCUT2D eigenvalue weighted by Gasteiger charge is 2.08. The van der Waals surface area contributed by atoms with Crippen LogP contribution in [-0.2, 0) is 4.79 Å². The zero-order valence-electron chi connectivity index (χ0n) is 13.8. The molecule has 0 aliphatic rings. The summed E-state index contributed by atoms with van der Waals surface area (Å²) >= 11 is 0. The largest absolute Gasteiger partial charge is 0.423 e. The van der Waals surface area contributed by atoms with Gasteiger partial charge in [0.05, 0.1) is 0 Å². The summed E-state index contributed by atoms with van der Waals surface area (Å²) in [5.41, 5.74) is 3.34. The van der Waals surface area contributed by atoms with Crippen molar-refractivity contribution >= 4 is 5.97 Å². The van der Waals surface area contributed by atoms with E-state index in [2.05, 4.69) is 6.58 Å². The van der Waals surface area contributed by atoms with Crippen LogP contribution in [0, 0.1) is 5.82 Å². The monoisotopic (exact) mass is 332 g/mol. The lowest BCUT2D eigenvalue weighted by Gasteiger charge is -2.08. The topological polar surface area (TPSA) is 26.3 Å². The van der Waals surface area contributed by atoms with Crippen molar-refractivity contribution in [2.24, 2.45) is 0 Å². The molecule has 0 aliphatic heterocycles. The first-order valence-electron chi connectivity index (χ1n) is 7.87. The molecule has 0 spiro atoms. The molecule has 124 valence electrons. The van der Waals surface area contributed by atoms with Gasteiger partial charge in [-0.2, -0.15) is 0 Å². The summed E-state index contributed by atoms with van der Waals surface area (Å²) in [4.78, 5) is 11.5. The Balaban J connectivity index is 1.84. The van der Waals surface area contributed by atoms with E-state index < -0.39 is 5.97 Å². The number of ether oxygens (including phenoxy) is 1. The van der Waals surface area contributed by atoms with Gasteiger partial charge < -0.3 is 4.74 Å². The van der Waals surface area contributed by atoms with Gasteiger partial charge in [-0.25, -0.2) is 9.18 Å². The van der Waals surface area contributed by atoms with Gasteiger partial charge in [-0.3, -0.25) is 0 Å². The highest BCUT2D eigenvalue weighted by atomic mass is 19.1. The van der Waals surface area contributed by atoms with Crippen molar-refractivity contribution in [1.29, 1.82) is 0 Å². The van der Waals surface area contributed by atoms with Crippen molar-refractivity contribution in [3.05, 3.63) is 90.8 Å². The molecule has 0 aliphatic carbocycles. The van der Waals surface area contributed by atoms with Crippen molar-refractivity contribution in [3.63, 3.8) is 0 Å². The third kappa shape index (κ3) is 3.83. The van der Waals surface area contributed by atoms with Gasteiger partial charge in [-0.15, -0.1) is 0 Å². The Morgan fingerprint density at radius 2 is 1.52 bits per heavy atom. The number of benzene rings is 3. The van der Waals surface area contributed by atoms with Crippen LogP contribution in [0.1, 0.15) is 6.92 Å². The number of carbonyl (C=O) groups is 1. The second-order valence-electron chi connectivity index (χ2n) is 5.75. The summed E-state index contributed by atoms with van der Waals surface area (Å²) in [5.74, 6) is -0.314. The van der Waals surface area contributed by atoms with Crippen molar-refractivity contribution in [2.75, 3.05) is 0 Å². The first kappa shape index (κ1) is 16.7. The molecule has 0 aromatic heterocycles. The summed E-state index contributed by atoms with van der Waals surface area (Å²) in [7, 11) is 0. The van der Waals surface area contributed by atoms with Crippen LogP contribution in [0.2, 0.25) is 0 Å². The van der Waals surface area contributed by atoms with E-state index in [1.165, 1.54) is 6.07 Å². The predicted molar refractivity (Wildman–Crippen MR) is 97.7 cm³/mol. The quantitative estimate of drug-likeness (QED) is 0.351. The summed E-state index contributed by atoms with van der Waals surface area (Å²) in [6.45, 7) is 5.13. The fraction of sp³-hybridized carbons (Fsp3) is 0.0455. The molecule has 0 amide bonds. The molecule has 3 aromatic rings. The number of halogens is 1. The van der Waals surface area contributed by atoms with Gasteiger partial charge in [0.1, 0.15) is 11.6 Å². The molecule has 0 bridgehead atoms. The lowest BCUT2D eigenvalue weighted by atomic mass is 9.99. The van der Waals surface area contributed by atoms with Gasteiger partial charge in [-0.1, -0.05) is 61.2 Å². The summed E-state index contributed by atoms with van der Waals surface area (Å²) in [6, 6.07) is 21.5. The molecule has 2 nitrogen and oxygen atoms in total. The van der Waals surface area contributed by atoms with Gasteiger partial charge in [0.2, 0.25) is 0 Å². The molecule has 0 saturated carbocycles. The van der Waals surface area contributed by atoms with E-state index >= 15 is 0 Å². The zero-order chi connectivity index (χ0) is 17.8. The summed E-state index contributed by atoms with van der Waals surface area (Å²) in [5, 5.41) is 0.